The van der Waals surface area contributed by atoms with Crippen LogP contribution in [0.15, 0.2) is 48.5 Å². The molecule has 0 saturated heterocycles. The van der Waals surface area contributed by atoms with E-state index in [1.807, 2.05) is 0 Å². The molecule has 1 atom stereocenters. The molecule has 138 valence electrons. The van der Waals surface area contributed by atoms with Gasteiger partial charge in [0.1, 0.15) is 11.9 Å². The number of benzene rings is 2. The summed E-state index contributed by atoms with van der Waals surface area (Å²) in [6.45, 7) is 0. The SMILES string of the molecule is COC(=O)[C@H](Cc1ccc(F)cc1)NC(=O)c1cccc(C(F)(F)F)c1. The molecule has 26 heavy (non-hydrogen) atoms. The first kappa shape index (κ1) is 19.4. The van der Waals surface area contributed by atoms with Gasteiger partial charge in [-0.15, -0.1) is 0 Å². The van der Waals surface area contributed by atoms with E-state index in [0.29, 0.717) is 11.6 Å². The number of carbonyl (C=O) groups is 2. The Morgan fingerprint density at radius 1 is 1.12 bits per heavy atom. The van der Waals surface area contributed by atoms with Crippen LogP contribution in [0.4, 0.5) is 17.6 Å². The predicted molar refractivity (Wildman–Crippen MR) is 84.8 cm³/mol. The first-order valence-electron chi connectivity index (χ1n) is 7.51. The second-order valence-corrected chi connectivity index (χ2v) is 5.46. The maximum absolute atomic E-state index is 13.0. The number of nitrogens with one attached hydrogen (secondary N) is 1. The minimum atomic E-state index is -4.59. The molecule has 0 fully saturated rings. The Bertz CT molecular complexity index is 788. The van der Waals surface area contributed by atoms with Crippen molar-refractivity contribution in [2.24, 2.45) is 0 Å². The normalized spacial score (nSPS) is 12.3. The van der Waals surface area contributed by atoms with E-state index in [-0.39, 0.29) is 12.0 Å². The Balaban J connectivity index is 2.18. The average molecular weight is 369 g/mol. The van der Waals surface area contributed by atoms with Crippen molar-refractivity contribution in [1.82, 2.24) is 5.32 Å². The Labute approximate surface area is 146 Å². The van der Waals surface area contributed by atoms with E-state index in [1.54, 1.807) is 0 Å². The highest BCUT2D eigenvalue weighted by molar-refractivity contribution is 5.97. The summed E-state index contributed by atoms with van der Waals surface area (Å²) in [6.07, 6.45) is -4.59. The van der Waals surface area contributed by atoms with Crippen LogP contribution in [0, 0.1) is 5.82 Å². The lowest BCUT2D eigenvalue weighted by Crippen LogP contribution is -2.43. The van der Waals surface area contributed by atoms with E-state index >= 15 is 0 Å². The molecule has 2 aromatic carbocycles. The van der Waals surface area contributed by atoms with Gasteiger partial charge in [0.2, 0.25) is 0 Å². The van der Waals surface area contributed by atoms with Crippen molar-refractivity contribution in [3.63, 3.8) is 0 Å². The summed E-state index contributed by atoms with van der Waals surface area (Å²) in [6, 6.07) is 7.96. The molecular weight excluding hydrogens is 354 g/mol. The van der Waals surface area contributed by atoms with Gasteiger partial charge in [-0.2, -0.15) is 13.2 Å². The van der Waals surface area contributed by atoms with Gasteiger partial charge in [0, 0.05) is 12.0 Å². The van der Waals surface area contributed by atoms with Gasteiger partial charge in [0.15, 0.2) is 0 Å². The zero-order chi connectivity index (χ0) is 19.3. The fourth-order valence-corrected chi connectivity index (χ4v) is 2.27. The smallest absolute Gasteiger partial charge is 0.416 e. The summed E-state index contributed by atoms with van der Waals surface area (Å²) >= 11 is 0. The molecule has 0 spiro atoms. The molecule has 8 heteroatoms. The van der Waals surface area contributed by atoms with E-state index in [9.17, 15) is 27.2 Å². The van der Waals surface area contributed by atoms with Crippen molar-refractivity contribution in [2.45, 2.75) is 18.6 Å². The third-order valence-corrected chi connectivity index (χ3v) is 3.60. The number of amides is 1. The zero-order valence-corrected chi connectivity index (χ0v) is 13.6. The van der Waals surface area contributed by atoms with Gasteiger partial charge in [0.05, 0.1) is 12.7 Å². The van der Waals surface area contributed by atoms with Crippen molar-refractivity contribution >= 4 is 11.9 Å². The van der Waals surface area contributed by atoms with E-state index in [4.69, 9.17) is 0 Å². The number of methoxy groups -OCH3 is 1. The lowest BCUT2D eigenvalue weighted by atomic mass is 10.0. The first-order chi connectivity index (χ1) is 12.2. The number of rotatable bonds is 5. The number of esters is 1. The minimum Gasteiger partial charge on any atom is -0.467 e. The molecule has 0 heterocycles. The summed E-state index contributed by atoms with van der Waals surface area (Å²) in [7, 11) is 1.12. The maximum Gasteiger partial charge on any atom is 0.416 e. The monoisotopic (exact) mass is 369 g/mol. The third kappa shape index (κ3) is 5.05. The summed E-state index contributed by atoms with van der Waals surface area (Å²) in [5.41, 5.74) is -0.669. The van der Waals surface area contributed by atoms with Crippen LogP contribution in [0.25, 0.3) is 0 Å². The second kappa shape index (κ2) is 7.99. The number of alkyl halides is 3. The van der Waals surface area contributed by atoms with E-state index in [1.165, 1.54) is 30.3 Å². The van der Waals surface area contributed by atoms with Gasteiger partial charge in [-0.25, -0.2) is 9.18 Å². The van der Waals surface area contributed by atoms with Gasteiger partial charge >= 0.3 is 12.1 Å². The molecule has 0 aliphatic carbocycles. The minimum absolute atomic E-state index is 0.00233. The summed E-state index contributed by atoms with van der Waals surface area (Å²) in [5, 5.41) is 2.35. The van der Waals surface area contributed by atoms with Gasteiger partial charge in [-0.1, -0.05) is 18.2 Å². The molecular formula is C18H15F4NO3. The van der Waals surface area contributed by atoms with Crippen LogP contribution >= 0.6 is 0 Å². The molecule has 0 radical (unpaired) electrons. The van der Waals surface area contributed by atoms with Gasteiger partial charge in [-0.05, 0) is 35.9 Å². The largest absolute Gasteiger partial charge is 0.467 e. The molecule has 1 amide bonds. The number of carbonyl (C=O) groups excluding carboxylic acids is 2. The van der Waals surface area contributed by atoms with Crippen molar-refractivity contribution in [2.75, 3.05) is 7.11 Å². The summed E-state index contributed by atoms with van der Waals surface area (Å²) in [4.78, 5) is 24.1. The van der Waals surface area contributed by atoms with Crippen molar-refractivity contribution in [3.8, 4) is 0 Å². The molecule has 0 saturated carbocycles. The first-order valence-corrected chi connectivity index (χ1v) is 7.51. The standard InChI is InChI=1S/C18H15F4NO3/c1-26-17(25)15(9-11-5-7-14(19)8-6-11)23-16(24)12-3-2-4-13(10-12)18(20,21)22/h2-8,10,15H,9H2,1H3,(H,23,24)/t15-/m0/s1. The lowest BCUT2D eigenvalue weighted by Gasteiger charge is -2.17. The van der Waals surface area contributed by atoms with Crippen molar-refractivity contribution < 1.29 is 31.9 Å². The summed E-state index contributed by atoms with van der Waals surface area (Å²) in [5.74, 6) is -2.08. The number of halogens is 4. The lowest BCUT2D eigenvalue weighted by molar-refractivity contribution is -0.143. The quantitative estimate of drug-likeness (QED) is 0.650. The van der Waals surface area contributed by atoms with E-state index in [0.717, 1.165) is 19.2 Å². The molecule has 0 aliphatic heterocycles. The molecule has 0 bridgehead atoms. The van der Waals surface area contributed by atoms with Crippen LogP contribution in [-0.2, 0) is 22.1 Å². The molecule has 2 aromatic rings. The highest BCUT2D eigenvalue weighted by atomic mass is 19.4. The fourth-order valence-electron chi connectivity index (χ4n) is 2.27. The van der Waals surface area contributed by atoms with Gasteiger partial charge in [-0.3, -0.25) is 4.79 Å². The molecule has 2 rings (SSSR count). The van der Waals surface area contributed by atoms with E-state index < -0.39 is 35.5 Å². The van der Waals surface area contributed by atoms with Crippen LogP contribution in [0.2, 0.25) is 0 Å². The molecule has 4 nitrogen and oxygen atoms in total. The van der Waals surface area contributed by atoms with Crippen LogP contribution in [0.1, 0.15) is 21.5 Å². The number of hydrogen-bond donors (Lipinski definition) is 1. The fraction of sp³-hybridized carbons (Fsp3) is 0.222. The summed E-state index contributed by atoms with van der Waals surface area (Å²) < 4.78 is 55.9. The second-order valence-electron chi connectivity index (χ2n) is 5.46. The third-order valence-electron chi connectivity index (χ3n) is 3.60. The zero-order valence-electron chi connectivity index (χ0n) is 13.6. The average Bonchev–Trinajstić information content (AvgIpc) is 2.61. The van der Waals surface area contributed by atoms with Crippen molar-refractivity contribution in [3.05, 3.63) is 71.0 Å². The van der Waals surface area contributed by atoms with Crippen LogP contribution < -0.4 is 5.32 Å². The highest BCUT2D eigenvalue weighted by Gasteiger charge is 2.31. The Kier molecular flexibility index (Phi) is 5.97. The number of hydrogen-bond acceptors (Lipinski definition) is 3. The van der Waals surface area contributed by atoms with Gasteiger partial charge in [0.25, 0.3) is 5.91 Å². The molecule has 1 N–H and O–H groups in total. The number of ether oxygens (including phenoxy) is 1. The van der Waals surface area contributed by atoms with Gasteiger partial charge < -0.3 is 10.1 Å². The Hall–Kier alpha value is -2.90. The molecule has 0 aliphatic rings. The van der Waals surface area contributed by atoms with Crippen LogP contribution in [0.3, 0.4) is 0 Å². The Morgan fingerprint density at radius 2 is 1.77 bits per heavy atom. The highest BCUT2D eigenvalue weighted by Crippen LogP contribution is 2.29. The molecule has 0 aromatic heterocycles. The topological polar surface area (TPSA) is 55.4 Å². The van der Waals surface area contributed by atoms with Crippen LogP contribution in [-0.4, -0.2) is 25.0 Å². The Morgan fingerprint density at radius 3 is 2.35 bits per heavy atom. The predicted octanol–water partition coefficient (Wildman–Crippen LogP) is 3.36. The van der Waals surface area contributed by atoms with E-state index in [2.05, 4.69) is 10.1 Å². The van der Waals surface area contributed by atoms with Crippen molar-refractivity contribution in [1.29, 1.82) is 0 Å². The molecule has 0 unspecified atom stereocenters. The van der Waals surface area contributed by atoms with Crippen LogP contribution in [0.5, 0.6) is 0 Å². The maximum atomic E-state index is 13.0.